The normalized spacial score (nSPS) is 13.3. The summed E-state index contributed by atoms with van der Waals surface area (Å²) in [6, 6.07) is 1.49. The van der Waals surface area contributed by atoms with Crippen molar-refractivity contribution in [2.45, 2.75) is 17.9 Å². The highest BCUT2D eigenvalue weighted by Gasteiger charge is 2.24. The van der Waals surface area contributed by atoms with Crippen molar-refractivity contribution in [3.8, 4) is 0 Å². The lowest BCUT2D eigenvalue weighted by molar-refractivity contribution is 0.544. The van der Waals surface area contributed by atoms with Crippen LogP contribution in [0.4, 0.5) is 10.1 Å². The van der Waals surface area contributed by atoms with Gasteiger partial charge >= 0.3 is 0 Å². The summed E-state index contributed by atoms with van der Waals surface area (Å²) in [4.78, 5) is 6.09. The molecule has 6 nitrogen and oxygen atoms in total. The molecule has 0 amide bonds. The lowest BCUT2D eigenvalue weighted by atomic mass is 10.3. The highest BCUT2D eigenvalue weighted by molar-refractivity contribution is 7.89. The van der Waals surface area contributed by atoms with Crippen molar-refractivity contribution in [2.24, 2.45) is 0 Å². The molecule has 0 saturated carbocycles. The van der Waals surface area contributed by atoms with Gasteiger partial charge in [0.25, 0.3) is 0 Å². The summed E-state index contributed by atoms with van der Waals surface area (Å²) < 4.78 is 40.5. The fourth-order valence-electron chi connectivity index (χ4n) is 1.65. The zero-order valence-corrected chi connectivity index (χ0v) is 12.0. The number of nitrogens with zero attached hydrogens (tertiary/aromatic N) is 1. The number of aromatic amines is 1. The van der Waals surface area contributed by atoms with Crippen LogP contribution in [0.25, 0.3) is 0 Å². The van der Waals surface area contributed by atoms with Crippen molar-refractivity contribution in [1.82, 2.24) is 14.7 Å². The van der Waals surface area contributed by atoms with Gasteiger partial charge in [-0.3, -0.25) is 0 Å². The molecule has 0 fully saturated rings. The van der Waals surface area contributed by atoms with Crippen LogP contribution in [0.15, 0.2) is 29.4 Å². The predicted octanol–water partition coefficient (Wildman–Crippen LogP) is 1.82. The number of rotatable bonds is 4. The average molecular weight is 319 g/mol. The molecule has 108 valence electrons. The molecule has 1 aromatic carbocycles. The van der Waals surface area contributed by atoms with Crippen LogP contribution in [0.2, 0.25) is 5.02 Å². The number of benzene rings is 1. The number of hydrogen-bond donors (Lipinski definition) is 3. The van der Waals surface area contributed by atoms with Gasteiger partial charge < -0.3 is 10.7 Å². The zero-order chi connectivity index (χ0) is 14.9. The minimum Gasteiger partial charge on any atom is -0.396 e. The van der Waals surface area contributed by atoms with Crippen LogP contribution < -0.4 is 10.5 Å². The largest absolute Gasteiger partial charge is 0.396 e. The summed E-state index contributed by atoms with van der Waals surface area (Å²) in [5.74, 6) is -0.627. The monoisotopic (exact) mass is 318 g/mol. The van der Waals surface area contributed by atoms with E-state index in [-0.39, 0.29) is 10.7 Å². The SMILES string of the molecule is CC(NS(=O)(=O)c1cc(Cl)cc(N)c1F)c1ncc[nH]1. The third kappa shape index (κ3) is 2.92. The molecule has 0 aliphatic carbocycles. The minimum atomic E-state index is -4.11. The highest BCUT2D eigenvalue weighted by Crippen LogP contribution is 2.26. The Morgan fingerprint density at radius 2 is 2.20 bits per heavy atom. The van der Waals surface area contributed by atoms with Gasteiger partial charge in [-0.25, -0.2) is 22.5 Å². The molecule has 0 aliphatic heterocycles. The molecule has 1 aromatic heterocycles. The fourth-order valence-corrected chi connectivity index (χ4v) is 3.28. The first-order valence-corrected chi connectivity index (χ1v) is 7.43. The molecule has 1 heterocycles. The summed E-state index contributed by atoms with van der Waals surface area (Å²) >= 11 is 5.71. The molecule has 4 N–H and O–H groups in total. The predicted molar refractivity (Wildman–Crippen MR) is 73.1 cm³/mol. The van der Waals surface area contributed by atoms with Crippen molar-refractivity contribution in [2.75, 3.05) is 5.73 Å². The maximum atomic E-state index is 13.8. The van der Waals surface area contributed by atoms with Crippen molar-refractivity contribution in [1.29, 1.82) is 0 Å². The Labute approximate surface area is 120 Å². The number of halogens is 2. The number of nitrogen functional groups attached to an aromatic ring is 1. The summed E-state index contributed by atoms with van der Waals surface area (Å²) in [7, 11) is -4.11. The maximum absolute atomic E-state index is 13.8. The molecule has 0 spiro atoms. The van der Waals surface area contributed by atoms with E-state index in [2.05, 4.69) is 14.7 Å². The number of anilines is 1. The highest BCUT2D eigenvalue weighted by atomic mass is 35.5. The molecule has 0 bridgehead atoms. The molecule has 2 rings (SSSR count). The molecule has 9 heteroatoms. The first kappa shape index (κ1) is 14.8. The second-order valence-corrected chi connectivity index (χ2v) is 6.24. The quantitative estimate of drug-likeness (QED) is 0.748. The number of imidazole rings is 1. The minimum absolute atomic E-state index is 0.0370. The molecule has 20 heavy (non-hydrogen) atoms. The summed E-state index contributed by atoms with van der Waals surface area (Å²) in [5.41, 5.74) is 5.04. The standard InChI is InChI=1S/C11H12ClFN4O2S/c1-6(11-15-2-3-16-11)17-20(18,19)9-5-7(12)4-8(14)10(9)13/h2-6,17H,14H2,1H3,(H,15,16). The van der Waals surface area contributed by atoms with Gasteiger partial charge in [0.15, 0.2) is 5.82 Å². The van der Waals surface area contributed by atoms with E-state index in [1.54, 1.807) is 13.1 Å². The summed E-state index contributed by atoms with van der Waals surface area (Å²) in [6.07, 6.45) is 3.04. The van der Waals surface area contributed by atoms with E-state index in [9.17, 15) is 12.8 Å². The zero-order valence-electron chi connectivity index (χ0n) is 10.4. The summed E-state index contributed by atoms with van der Waals surface area (Å²) in [6.45, 7) is 1.57. The van der Waals surface area contributed by atoms with Crippen molar-refractivity contribution in [3.05, 3.63) is 41.2 Å². The van der Waals surface area contributed by atoms with Gasteiger partial charge in [-0.15, -0.1) is 0 Å². The second kappa shape index (κ2) is 5.39. The van der Waals surface area contributed by atoms with E-state index in [1.807, 2.05) is 0 Å². The first-order valence-electron chi connectivity index (χ1n) is 5.57. The van der Waals surface area contributed by atoms with E-state index in [0.717, 1.165) is 12.1 Å². The molecule has 0 aliphatic rings. The van der Waals surface area contributed by atoms with E-state index in [1.165, 1.54) is 6.20 Å². The molecule has 1 unspecified atom stereocenters. The number of nitrogens with one attached hydrogen (secondary N) is 2. The smallest absolute Gasteiger partial charge is 0.244 e. The van der Waals surface area contributed by atoms with Gasteiger partial charge in [0.1, 0.15) is 10.7 Å². The van der Waals surface area contributed by atoms with Gasteiger partial charge in [-0.2, -0.15) is 0 Å². The third-order valence-electron chi connectivity index (χ3n) is 2.58. The molecular weight excluding hydrogens is 307 g/mol. The Balaban J connectivity index is 2.36. The van der Waals surface area contributed by atoms with Crippen LogP contribution in [0.5, 0.6) is 0 Å². The van der Waals surface area contributed by atoms with Crippen LogP contribution >= 0.6 is 11.6 Å². The van der Waals surface area contributed by atoms with Gasteiger partial charge in [0, 0.05) is 17.4 Å². The first-order chi connectivity index (χ1) is 9.31. The topological polar surface area (TPSA) is 101 Å². The lowest BCUT2D eigenvalue weighted by Crippen LogP contribution is -2.28. The number of nitrogens with two attached hydrogens (primary N) is 1. The van der Waals surface area contributed by atoms with Gasteiger partial charge in [0.05, 0.1) is 11.7 Å². The Morgan fingerprint density at radius 3 is 2.80 bits per heavy atom. The van der Waals surface area contributed by atoms with Crippen LogP contribution in [-0.4, -0.2) is 18.4 Å². The van der Waals surface area contributed by atoms with E-state index < -0.39 is 26.8 Å². The molecular formula is C11H12ClFN4O2S. The Morgan fingerprint density at radius 1 is 1.50 bits per heavy atom. The van der Waals surface area contributed by atoms with Crippen LogP contribution in [0.3, 0.4) is 0 Å². The van der Waals surface area contributed by atoms with Crippen molar-refractivity contribution < 1.29 is 12.8 Å². The van der Waals surface area contributed by atoms with Crippen molar-refractivity contribution >= 4 is 27.3 Å². The molecule has 1 atom stereocenters. The number of H-pyrrole nitrogens is 1. The Hall–Kier alpha value is -1.64. The van der Waals surface area contributed by atoms with Gasteiger partial charge in [-0.1, -0.05) is 11.6 Å². The van der Waals surface area contributed by atoms with E-state index in [4.69, 9.17) is 17.3 Å². The van der Waals surface area contributed by atoms with Gasteiger partial charge in [-0.05, 0) is 19.1 Å². The maximum Gasteiger partial charge on any atom is 0.244 e. The van der Waals surface area contributed by atoms with Crippen LogP contribution in [0, 0.1) is 5.82 Å². The molecule has 0 saturated heterocycles. The lowest BCUT2D eigenvalue weighted by Gasteiger charge is -2.13. The van der Waals surface area contributed by atoms with Crippen molar-refractivity contribution in [3.63, 3.8) is 0 Å². The second-order valence-electron chi connectivity index (χ2n) is 4.12. The Bertz CT molecular complexity index is 718. The summed E-state index contributed by atoms with van der Waals surface area (Å²) in [5, 5.41) is 0.0370. The average Bonchev–Trinajstić information content (AvgIpc) is 2.86. The van der Waals surface area contributed by atoms with E-state index >= 15 is 0 Å². The van der Waals surface area contributed by atoms with Gasteiger partial charge in [0.2, 0.25) is 10.0 Å². The Kier molecular flexibility index (Phi) is 3.98. The number of aromatic nitrogens is 2. The molecule has 0 radical (unpaired) electrons. The number of hydrogen-bond acceptors (Lipinski definition) is 4. The fraction of sp³-hybridized carbons (Fsp3) is 0.182. The number of sulfonamides is 1. The van der Waals surface area contributed by atoms with E-state index in [0.29, 0.717) is 5.82 Å². The molecule has 2 aromatic rings. The van der Waals surface area contributed by atoms with Crippen LogP contribution in [-0.2, 0) is 10.0 Å². The van der Waals surface area contributed by atoms with Crippen LogP contribution in [0.1, 0.15) is 18.8 Å². The third-order valence-corrected chi connectivity index (χ3v) is 4.34.